The Morgan fingerprint density at radius 1 is 1.42 bits per heavy atom. The number of aromatic nitrogens is 2. The van der Waals surface area contributed by atoms with Gasteiger partial charge in [-0.15, -0.1) is 5.10 Å². The average molecular weight is 206 g/mol. The molecule has 1 heterocycles. The third kappa shape index (κ3) is 2.22. The van der Waals surface area contributed by atoms with Gasteiger partial charge in [0.15, 0.2) is 5.15 Å². The molecule has 0 unspecified atom stereocenters. The molecule has 0 aliphatic heterocycles. The van der Waals surface area contributed by atoms with E-state index in [4.69, 9.17) is 23.2 Å². The standard InChI is InChI=1S/C7H9Cl2N3/c1-4(2)11-6-5(8)3-10-12-7(6)9/h3-4H,1-2H3,(H,10,11). The quantitative estimate of drug-likeness (QED) is 0.807. The van der Waals surface area contributed by atoms with Crippen molar-refractivity contribution in [2.24, 2.45) is 0 Å². The van der Waals surface area contributed by atoms with E-state index >= 15 is 0 Å². The number of nitrogens with one attached hydrogen (secondary N) is 1. The molecule has 66 valence electrons. The fourth-order valence-electron chi connectivity index (χ4n) is 0.761. The van der Waals surface area contributed by atoms with Crippen LogP contribution >= 0.6 is 23.2 Å². The molecule has 0 radical (unpaired) electrons. The van der Waals surface area contributed by atoms with Crippen LogP contribution in [0.1, 0.15) is 13.8 Å². The van der Waals surface area contributed by atoms with E-state index < -0.39 is 0 Å². The highest BCUT2D eigenvalue weighted by Gasteiger charge is 2.07. The molecule has 3 nitrogen and oxygen atoms in total. The maximum atomic E-state index is 5.82. The van der Waals surface area contributed by atoms with Crippen molar-refractivity contribution in [2.45, 2.75) is 19.9 Å². The van der Waals surface area contributed by atoms with Crippen molar-refractivity contribution in [1.29, 1.82) is 0 Å². The number of nitrogens with zero attached hydrogens (tertiary/aromatic N) is 2. The molecule has 1 N–H and O–H groups in total. The molecule has 1 rings (SSSR count). The van der Waals surface area contributed by atoms with E-state index in [1.165, 1.54) is 6.20 Å². The fourth-order valence-corrected chi connectivity index (χ4v) is 1.20. The zero-order chi connectivity index (χ0) is 9.14. The van der Waals surface area contributed by atoms with Crippen molar-refractivity contribution in [2.75, 3.05) is 5.32 Å². The molecule has 0 saturated heterocycles. The Morgan fingerprint density at radius 2 is 2.08 bits per heavy atom. The lowest BCUT2D eigenvalue weighted by Gasteiger charge is -2.11. The Balaban J connectivity index is 2.96. The maximum absolute atomic E-state index is 5.82. The first-order valence-electron chi connectivity index (χ1n) is 3.54. The molecule has 0 amide bonds. The number of hydrogen-bond acceptors (Lipinski definition) is 3. The first kappa shape index (κ1) is 9.55. The minimum atomic E-state index is 0.268. The molecule has 0 spiro atoms. The second-order valence-electron chi connectivity index (χ2n) is 2.66. The van der Waals surface area contributed by atoms with Gasteiger partial charge in [-0.05, 0) is 13.8 Å². The smallest absolute Gasteiger partial charge is 0.176 e. The van der Waals surface area contributed by atoms with Gasteiger partial charge in [-0.25, -0.2) is 0 Å². The molecule has 1 aromatic rings. The molecule has 0 saturated carbocycles. The molecule has 0 aliphatic carbocycles. The topological polar surface area (TPSA) is 37.8 Å². The van der Waals surface area contributed by atoms with Crippen LogP contribution in [0.5, 0.6) is 0 Å². The van der Waals surface area contributed by atoms with Gasteiger partial charge in [0.2, 0.25) is 0 Å². The lowest BCUT2D eigenvalue weighted by Crippen LogP contribution is -2.11. The Bertz CT molecular complexity index is 255. The predicted octanol–water partition coefficient (Wildman–Crippen LogP) is 2.60. The van der Waals surface area contributed by atoms with Gasteiger partial charge in [0, 0.05) is 6.04 Å². The molecule has 5 heteroatoms. The van der Waals surface area contributed by atoms with Gasteiger partial charge in [-0.2, -0.15) is 5.10 Å². The van der Waals surface area contributed by atoms with Crippen molar-refractivity contribution in [3.63, 3.8) is 0 Å². The molecular formula is C7H9Cl2N3. The van der Waals surface area contributed by atoms with Crippen LogP contribution in [0, 0.1) is 0 Å². The van der Waals surface area contributed by atoms with Crippen LogP contribution in [0.2, 0.25) is 10.2 Å². The number of halogens is 2. The van der Waals surface area contributed by atoms with E-state index in [-0.39, 0.29) is 6.04 Å². The Labute approximate surface area is 81.1 Å². The summed E-state index contributed by atoms with van der Waals surface area (Å²) < 4.78 is 0. The maximum Gasteiger partial charge on any atom is 0.176 e. The molecule has 0 aromatic carbocycles. The van der Waals surface area contributed by atoms with Crippen LogP contribution in [0.4, 0.5) is 5.69 Å². The van der Waals surface area contributed by atoms with Gasteiger partial charge < -0.3 is 5.32 Å². The van der Waals surface area contributed by atoms with E-state index in [9.17, 15) is 0 Å². The first-order chi connectivity index (χ1) is 5.61. The Kier molecular flexibility index (Phi) is 3.12. The van der Waals surface area contributed by atoms with Crippen LogP contribution in [-0.2, 0) is 0 Å². The fraction of sp³-hybridized carbons (Fsp3) is 0.429. The normalized spacial score (nSPS) is 10.4. The molecule has 0 bridgehead atoms. The van der Waals surface area contributed by atoms with Crippen LogP contribution in [0.3, 0.4) is 0 Å². The number of rotatable bonds is 2. The summed E-state index contributed by atoms with van der Waals surface area (Å²) in [6.07, 6.45) is 1.46. The van der Waals surface area contributed by atoms with Crippen LogP contribution in [-0.4, -0.2) is 16.2 Å². The van der Waals surface area contributed by atoms with E-state index in [2.05, 4.69) is 15.5 Å². The van der Waals surface area contributed by atoms with Gasteiger partial charge in [-0.3, -0.25) is 0 Å². The average Bonchev–Trinajstić information content (AvgIpc) is 1.97. The molecule has 0 atom stereocenters. The van der Waals surface area contributed by atoms with Gasteiger partial charge in [0.05, 0.1) is 16.9 Å². The summed E-state index contributed by atoms with van der Waals surface area (Å²) in [4.78, 5) is 0. The lowest BCUT2D eigenvalue weighted by atomic mass is 10.3. The molecule has 1 aromatic heterocycles. The third-order valence-corrected chi connectivity index (χ3v) is 1.75. The number of hydrogen-bond donors (Lipinski definition) is 1. The summed E-state index contributed by atoms with van der Waals surface area (Å²) in [5, 5.41) is 11.1. The largest absolute Gasteiger partial charge is 0.379 e. The van der Waals surface area contributed by atoms with E-state index in [1.54, 1.807) is 0 Å². The van der Waals surface area contributed by atoms with Gasteiger partial charge in [0.25, 0.3) is 0 Å². The zero-order valence-corrected chi connectivity index (χ0v) is 8.32. The first-order valence-corrected chi connectivity index (χ1v) is 4.30. The lowest BCUT2D eigenvalue weighted by molar-refractivity contribution is 0.892. The van der Waals surface area contributed by atoms with Gasteiger partial charge in [0.1, 0.15) is 0 Å². The molecule has 12 heavy (non-hydrogen) atoms. The minimum absolute atomic E-state index is 0.268. The predicted molar refractivity (Wildman–Crippen MR) is 50.8 cm³/mol. The highest BCUT2D eigenvalue weighted by atomic mass is 35.5. The van der Waals surface area contributed by atoms with Gasteiger partial charge >= 0.3 is 0 Å². The summed E-state index contributed by atoms with van der Waals surface area (Å²) in [5.74, 6) is 0. The van der Waals surface area contributed by atoms with Crippen molar-refractivity contribution >= 4 is 28.9 Å². The van der Waals surface area contributed by atoms with Crippen LogP contribution < -0.4 is 5.32 Å². The van der Waals surface area contributed by atoms with Crippen molar-refractivity contribution in [3.05, 3.63) is 16.4 Å². The summed E-state index contributed by atoms with van der Waals surface area (Å²) in [6, 6.07) is 0.268. The van der Waals surface area contributed by atoms with Crippen molar-refractivity contribution in [3.8, 4) is 0 Å². The highest BCUT2D eigenvalue weighted by Crippen LogP contribution is 2.27. The monoisotopic (exact) mass is 205 g/mol. The van der Waals surface area contributed by atoms with Crippen LogP contribution in [0.25, 0.3) is 0 Å². The SMILES string of the molecule is CC(C)Nc1c(Cl)cnnc1Cl. The highest BCUT2D eigenvalue weighted by molar-refractivity contribution is 6.38. The summed E-state index contributed by atoms with van der Waals surface area (Å²) >= 11 is 11.6. The summed E-state index contributed by atoms with van der Waals surface area (Å²) in [6.45, 7) is 3.99. The second-order valence-corrected chi connectivity index (χ2v) is 3.42. The van der Waals surface area contributed by atoms with Gasteiger partial charge in [-0.1, -0.05) is 23.2 Å². The minimum Gasteiger partial charge on any atom is -0.379 e. The zero-order valence-electron chi connectivity index (χ0n) is 6.81. The van der Waals surface area contributed by atoms with Crippen molar-refractivity contribution < 1.29 is 0 Å². The van der Waals surface area contributed by atoms with E-state index in [0.717, 1.165) is 0 Å². The van der Waals surface area contributed by atoms with Crippen LogP contribution in [0.15, 0.2) is 6.20 Å². The van der Waals surface area contributed by atoms with E-state index in [0.29, 0.717) is 15.9 Å². The summed E-state index contributed by atoms with van der Waals surface area (Å²) in [5.41, 5.74) is 0.642. The third-order valence-electron chi connectivity index (χ3n) is 1.19. The molecular weight excluding hydrogens is 197 g/mol. The molecule has 0 fully saturated rings. The van der Waals surface area contributed by atoms with Crippen molar-refractivity contribution in [1.82, 2.24) is 10.2 Å². The Morgan fingerprint density at radius 3 is 2.58 bits per heavy atom. The Hall–Kier alpha value is -0.540. The number of anilines is 1. The summed E-state index contributed by atoms with van der Waals surface area (Å²) in [7, 11) is 0. The second kappa shape index (κ2) is 3.92. The molecule has 0 aliphatic rings. The van der Waals surface area contributed by atoms with E-state index in [1.807, 2.05) is 13.8 Å².